The van der Waals surface area contributed by atoms with Crippen LogP contribution in [0.2, 0.25) is 0 Å². The van der Waals surface area contributed by atoms with Crippen LogP contribution in [-0.2, 0) is 11.3 Å². The monoisotopic (exact) mass is 291 g/mol. The number of aliphatic hydroxyl groups excluding tert-OH is 2. The summed E-state index contributed by atoms with van der Waals surface area (Å²) in [6.45, 7) is 0.134. The first-order valence-electron chi connectivity index (χ1n) is 6.63. The maximum absolute atomic E-state index is 12.3. The molecular weight excluding hydrogens is 278 g/mol. The molecule has 0 aliphatic carbocycles. The van der Waals surface area contributed by atoms with Gasteiger partial charge in [0, 0.05) is 12.6 Å². The third-order valence-electron chi connectivity index (χ3n) is 3.83. The number of hydrogen-bond donors (Lipinski definition) is 2. The molecule has 110 valence electrons. The van der Waals surface area contributed by atoms with Gasteiger partial charge in [-0.3, -0.25) is 13.9 Å². The second kappa shape index (κ2) is 4.45. The van der Waals surface area contributed by atoms with Crippen molar-refractivity contribution in [3.05, 3.63) is 16.7 Å². The molecule has 2 aliphatic rings. The highest BCUT2D eigenvalue weighted by atomic mass is 16.5. The summed E-state index contributed by atoms with van der Waals surface area (Å²) in [5.41, 5.74) is 0.374. The molecule has 2 N–H and O–H groups in total. The van der Waals surface area contributed by atoms with Gasteiger partial charge in [-0.05, 0) is 0 Å². The van der Waals surface area contributed by atoms with Crippen LogP contribution in [0.1, 0.15) is 12.6 Å². The molecule has 9 nitrogen and oxygen atoms in total. The number of nitrogens with zero attached hydrogens (tertiary/aromatic N) is 5. The normalized spacial score (nSPS) is 27.6. The molecule has 4 heterocycles. The molecule has 21 heavy (non-hydrogen) atoms. The van der Waals surface area contributed by atoms with Crippen molar-refractivity contribution < 1.29 is 14.9 Å². The number of aliphatic imine (C=N–C) groups is 1. The molecule has 4 rings (SSSR count). The summed E-state index contributed by atoms with van der Waals surface area (Å²) in [7, 11) is 0. The smallest absolute Gasteiger partial charge is 0.283 e. The zero-order chi connectivity index (χ0) is 14.6. The van der Waals surface area contributed by atoms with Crippen LogP contribution >= 0.6 is 0 Å². The van der Waals surface area contributed by atoms with Gasteiger partial charge in [-0.1, -0.05) is 0 Å². The predicted molar refractivity (Wildman–Crippen MR) is 71.6 cm³/mol. The highest BCUT2D eigenvalue weighted by molar-refractivity contribution is 5.74. The second-order valence-corrected chi connectivity index (χ2v) is 5.08. The lowest BCUT2D eigenvalue weighted by atomic mass is 10.2. The molecule has 9 heteroatoms. The number of imidazole rings is 1. The van der Waals surface area contributed by atoms with Gasteiger partial charge in [-0.15, -0.1) is 0 Å². The third kappa shape index (κ3) is 1.75. The minimum Gasteiger partial charge on any atom is -0.394 e. The van der Waals surface area contributed by atoms with Crippen molar-refractivity contribution in [1.29, 1.82) is 0 Å². The Morgan fingerprint density at radius 3 is 3.10 bits per heavy atom. The van der Waals surface area contributed by atoms with E-state index in [9.17, 15) is 9.90 Å². The topological polar surface area (TPSA) is 115 Å². The van der Waals surface area contributed by atoms with Gasteiger partial charge in [0.05, 0.1) is 25.6 Å². The summed E-state index contributed by atoms with van der Waals surface area (Å²) in [6.07, 6.45) is 1.48. The van der Waals surface area contributed by atoms with E-state index in [1.165, 1.54) is 10.9 Å². The van der Waals surface area contributed by atoms with Crippen LogP contribution in [0.5, 0.6) is 0 Å². The predicted octanol–water partition coefficient (Wildman–Crippen LogP) is -1.05. The van der Waals surface area contributed by atoms with E-state index >= 15 is 0 Å². The average Bonchev–Trinajstić information content (AvgIpc) is 3.16. The third-order valence-corrected chi connectivity index (χ3v) is 3.83. The summed E-state index contributed by atoms with van der Waals surface area (Å²) >= 11 is 0. The molecule has 0 saturated carbocycles. The zero-order valence-electron chi connectivity index (χ0n) is 11.0. The molecule has 0 bridgehead atoms. The minimum atomic E-state index is -0.758. The molecule has 2 aromatic heterocycles. The van der Waals surface area contributed by atoms with Crippen molar-refractivity contribution in [2.45, 2.75) is 31.4 Å². The SMILES string of the molecule is O=c1c2ncn([C@H]3C[C@H](O)[C@@H](CO)O3)c2nc2n1CC=N2. The number of rotatable bonds is 2. The Hall–Kier alpha value is -2.10. The van der Waals surface area contributed by atoms with Gasteiger partial charge in [0.1, 0.15) is 12.3 Å². The van der Waals surface area contributed by atoms with E-state index in [2.05, 4.69) is 15.0 Å². The van der Waals surface area contributed by atoms with Gasteiger partial charge in [-0.2, -0.15) is 4.98 Å². The Morgan fingerprint density at radius 1 is 1.48 bits per heavy atom. The van der Waals surface area contributed by atoms with Gasteiger partial charge in [0.25, 0.3) is 5.56 Å². The van der Waals surface area contributed by atoms with E-state index < -0.39 is 18.4 Å². The van der Waals surface area contributed by atoms with Gasteiger partial charge in [0.15, 0.2) is 11.2 Å². The lowest BCUT2D eigenvalue weighted by Gasteiger charge is -2.13. The van der Waals surface area contributed by atoms with Crippen LogP contribution in [0.15, 0.2) is 16.1 Å². The van der Waals surface area contributed by atoms with Crippen molar-refractivity contribution >= 4 is 23.3 Å². The molecule has 1 fully saturated rings. The first-order valence-corrected chi connectivity index (χ1v) is 6.63. The molecule has 0 aromatic carbocycles. The highest BCUT2D eigenvalue weighted by Crippen LogP contribution is 2.30. The first kappa shape index (κ1) is 12.6. The number of aromatic nitrogens is 4. The molecule has 1 saturated heterocycles. The second-order valence-electron chi connectivity index (χ2n) is 5.08. The van der Waals surface area contributed by atoms with Crippen LogP contribution in [0.4, 0.5) is 5.95 Å². The van der Waals surface area contributed by atoms with Crippen LogP contribution < -0.4 is 5.56 Å². The maximum Gasteiger partial charge on any atom is 0.283 e. The molecule has 0 radical (unpaired) electrons. The molecule has 2 aromatic rings. The Kier molecular flexibility index (Phi) is 2.67. The molecule has 0 unspecified atom stereocenters. The Morgan fingerprint density at radius 2 is 2.33 bits per heavy atom. The van der Waals surface area contributed by atoms with Crippen molar-refractivity contribution in [2.24, 2.45) is 4.99 Å². The van der Waals surface area contributed by atoms with Gasteiger partial charge in [-0.25, -0.2) is 9.98 Å². The Labute approximate surface area is 118 Å². The fourth-order valence-electron chi connectivity index (χ4n) is 2.72. The van der Waals surface area contributed by atoms with Crippen LogP contribution in [0.3, 0.4) is 0 Å². The minimum absolute atomic E-state index is 0.245. The summed E-state index contributed by atoms with van der Waals surface area (Å²) in [5, 5.41) is 18.9. The summed E-state index contributed by atoms with van der Waals surface area (Å²) in [4.78, 5) is 24.8. The standard InChI is InChI=1S/C12H13N5O4/c18-4-7-6(19)3-8(21-7)17-5-14-9-10(17)15-12-13-1-2-16(12)11(9)20/h1,5-8,18-19H,2-4H2/t6-,7+,8+/m0/s1. The highest BCUT2D eigenvalue weighted by Gasteiger charge is 2.35. The van der Waals surface area contributed by atoms with Crippen LogP contribution in [0, 0.1) is 0 Å². The summed E-state index contributed by atoms with van der Waals surface area (Å²) in [6, 6.07) is 0. The lowest BCUT2D eigenvalue weighted by molar-refractivity contribution is -0.0432. The van der Waals surface area contributed by atoms with E-state index in [0.717, 1.165) is 0 Å². The Bertz CT molecular complexity index is 795. The van der Waals surface area contributed by atoms with Crippen molar-refractivity contribution in [1.82, 2.24) is 19.1 Å². The summed E-state index contributed by atoms with van der Waals surface area (Å²) in [5.74, 6) is 0.339. The van der Waals surface area contributed by atoms with E-state index in [1.54, 1.807) is 10.8 Å². The fraction of sp³-hybridized carbons (Fsp3) is 0.500. The van der Waals surface area contributed by atoms with E-state index in [0.29, 0.717) is 24.6 Å². The maximum atomic E-state index is 12.3. The molecule has 2 aliphatic heterocycles. The van der Waals surface area contributed by atoms with Crippen LogP contribution in [0.25, 0.3) is 11.2 Å². The summed E-state index contributed by atoms with van der Waals surface area (Å²) < 4.78 is 8.62. The molecule has 3 atom stereocenters. The number of hydrogen-bond acceptors (Lipinski definition) is 7. The molecular formula is C12H13N5O4. The fourth-order valence-corrected chi connectivity index (χ4v) is 2.72. The average molecular weight is 291 g/mol. The largest absolute Gasteiger partial charge is 0.394 e. The molecule has 0 spiro atoms. The van der Waals surface area contributed by atoms with E-state index in [4.69, 9.17) is 9.84 Å². The zero-order valence-corrected chi connectivity index (χ0v) is 11.0. The van der Waals surface area contributed by atoms with E-state index in [-0.39, 0.29) is 17.7 Å². The number of ether oxygens (including phenoxy) is 1. The van der Waals surface area contributed by atoms with Crippen molar-refractivity contribution in [2.75, 3.05) is 6.61 Å². The number of aliphatic hydroxyl groups is 2. The van der Waals surface area contributed by atoms with Crippen LogP contribution in [-0.4, -0.2) is 54.3 Å². The Balaban J connectivity index is 1.82. The van der Waals surface area contributed by atoms with Gasteiger partial charge < -0.3 is 14.9 Å². The van der Waals surface area contributed by atoms with Gasteiger partial charge >= 0.3 is 0 Å². The molecule has 0 amide bonds. The van der Waals surface area contributed by atoms with E-state index in [1.807, 2.05) is 0 Å². The first-order chi connectivity index (χ1) is 10.2. The quantitative estimate of drug-likeness (QED) is 0.729. The van der Waals surface area contributed by atoms with Gasteiger partial charge in [0.2, 0.25) is 5.95 Å². The number of fused-ring (bicyclic) bond motifs is 2. The lowest BCUT2D eigenvalue weighted by Crippen LogP contribution is -2.24. The van der Waals surface area contributed by atoms with Crippen molar-refractivity contribution in [3.63, 3.8) is 0 Å². The van der Waals surface area contributed by atoms with Crippen molar-refractivity contribution in [3.8, 4) is 0 Å².